The predicted octanol–water partition coefficient (Wildman–Crippen LogP) is 5.76. The van der Waals surface area contributed by atoms with Gasteiger partial charge < -0.3 is 0 Å². The third kappa shape index (κ3) is 5.39. The summed E-state index contributed by atoms with van der Waals surface area (Å²) >= 11 is 21.0. The van der Waals surface area contributed by atoms with E-state index in [2.05, 4.69) is 95.6 Å². The predicted molar refractivity (Wildman–Crippen MR) is 148 cm³/mol. The van der Waals surface area contributed by atoms with Crippen molar-refractivity contribution < 1.29 is 16.8 Å². The van der Waals surface area contributed by atoms with E-state index in [0.29, 0.717) is 12.8 Å². The summed E-state index contributed by atoms with van der Waals surface area (Å²) < 4.78 is 61.5. The second-order valence-corrected chi connectivity index (χ2v) is 16.1. The van der Waals surface area contributed by atoms with E-state index in [1.807, 2.05) is 16.3 Å². The maximum atomic E-state index is 13.1. The van der Waals surface area contributed by atoms with Crippen LogP contribution in [0.15, 0.2) is 39.0 Å². The van der Waals surface area contributed by atoms with Crippen molar-refractivity contribution in [3.05, 3.63) is 61.2 Å². The highest BCUT2D eigenvalue weighted by Crippen LogP contribution is 2.39. The number of fused-ring (bicyclic) bond motifs is 2. The molecule has 180 valence electrons. The highest BCUT2D eigenvalue weighted by molar-refractivity contribution is 9.13. The lowest BCUT2D eigenvalue weighted by Gasteiger charge is -2.32. The highest BCUT2D eigenvalue weighted by atomic mass is 79.9. The second kappa shape index (κ2) is 10.1. The van der Waals surface area contributed by atoms with Crippen LogP contribution in [-0.4, -0.2) is 38.5 Å². The molecule has 2 aliphatic rings. The molecular formula is C18H15Br6N3O4S2. The van der Waals surface area contributed by atoms with Gasteiger partial charge in [-0.2, -0.15) is 25.4 Å². The first kappa shape index (κ1) is 27.1. The number of hydrogen-bond donors (Lipinski definition) is 1. The van der Waals surface area contributed by atoms with Gasteiger partial charge >= 0.3 is 0 Å². The Balaban J connectivity index is 1.58. The van der Waals surface area contributed by atoms with Crippen LogP contribution in [0.25, 0.3) is 0 Å². The zero-order valence-corrected chi connectivity index (χ0v) is 27.7. The molecule has 0 unspecified atom stereocenters. The Morgan fingerprint density at radius 1 is 0.606 bits per heavy atom. The monoisotopic (exact) mass is 875 g/mol. The highest BCUT2D eigenvalue weighted by Gasteiger charge is 2.37. The Hall–Kier alpha value is 1.10. The van der Waals surface area contributed by atoms with E-state index in [1.165, 1.54) is 0 Å². The summed E-state index contributed by atoms with van der Waals surface area (Å²) in [5.41, 5.74) is 3.56. The van der Waals surface area contributed by atoms with Crippen molar-refractivity contribution in [2.75, 3.05) is 13.1 Å². The Labute approximate surface area is 243 Å². The van der Waals surface area contributed by atoms with Crippen LogP contribution >= 0.6 is 95.6 Å². The number of benzene rings is 2. The van der Waals surface area contributed by atoms with Gasteiger partial charge in [0.15, 0.2) is 0 Å². The summed E-state index contributed by atoms with van der Waals surface area (Å²) in [5, 5.41) is 0. The van der Waals surface area contributed by atoms with Gasteiger partial charge in [0, 0.05) is 53.0 Å². The van der Waals surface area contributed by atoms with E-state index >= 15 is 0 Å². The molecule has 4 rings (SSSR count). The van der Waals surface area contributed by atoms with Crippen molar-refractivity contribution in [3.63, 3.8) is 0 Å². The van der Waals surface area contributed by atoms with Crippen molar-refractivity contribution in [3.8, 4) is 0 Å². The molecule has 2 heterocycles. The van der Waals surface area contributed by atoms with Gasteiger partial charge in [-0.1, -0.05) is 36.0 Å². The first-order chi connectivity index (χ1) is 15.3. The number of nitrogens with one attached hydrogen (secondary N) is 1. The quantitative estimate of drug-likeness (QED) is 0.397. The van der Waals surface area contributed by atoms with Crippen LogP contribution < -0.4 is 4.13 Å². The van der Waals surface area contributed by atoms with E-state index in [-0.39, 0.29) is 26.2 Å². The van der Waals surface area contributed by atoms with Gasteiger partial charge in [0.1, 0.15) is 0 Å². The fourth-order valence-corrected chi connectivity index (χ4v) is 10.9. The minimum Gasteiger partial charge on any atom is -0.194 e. The lowest BCUT2D eigenvalue weighted by molar-refractivity contribution is 0.374. The summed E-state index contributed by atoms with van der Waals surface area (Å²) in [5.74, 6) is 0. The molecule has 0 amide bonds. The molecule has 33 heavy (non-hydrogen) atoms. The first-order valence-corrected chi connectivity index (χ1v) is 17.0. The van der Waals surface area contributed by atoms with Gasteiger partial charge in [-0.3, -0.25) is 0 Å². The van der Waals surface area contributed by atoms with Crippen LogP contribution in [0.2, 0.25) is 0 Å². The molecule has 0 saturated heterocycles. The van der Waals surface area contributed by atoms with E-state index in [4.69, 9.17) is 0 Å². The lowest BCUT2D eigenvalue weighted by Crippen LogP contribution is -2.51. The number of rotatable bonds is 4. The molecule has 0 saturated carbocycles. The largest absolute Gasteiger partial charge is 0.293 e. The van der Waals surface area contributed by atoms with Crippen molar-refractivity contribution in [2.45, 2.75) is 25.9 Å². The van der Waals surface area contributed by atoms with E-state index in [1.54, 1.807) is 0 Å². The van der Waals surface area contributed by atoms with Crippen molar-refractivity contribution in [1.29, 1.82) is 0 Å². The Morgan fingerprint density at radius 3 is 1.33 bits per heavy atom. The third-order valence-electron chi connectivity index (χ3n) is 5.54. The molecule has 0 atom stereocenters. The van der Waals surface area contributed by atoms with E-state index in [9.17, 15) is 16.8 Å². The molecule has 0 radical (unpaired) electrons. The van der Waals surface area contributed by atoms with Crippen LogP contribution in [0.5, 0.6) is 0 Å². The molecule has 2 aliphatic heterocycles. The topological polar surface area (TPSA) is 86.8 Å². The molecule has 15 heteroatoms. The molecule has 0 aliphatic carbocycles. The lowest BCUT2D eigenvalue weighted by atomic mass is 10.0. The summed E-state index contributed by atoms with van der Waals surface area (Å²) in [7, 11) is -8.61. The molecule has 0 bridgehead atoms. The molecule has 0 spiro atoms. The van der Waals surface area contributed by atoms with Crippen molar-refractivity contribution >= 4 is 116 Å². The molecule has 2 aromatic carbocycles. The van der Waals surface area contributed by atoms with Crippen LogP contribution in [0.4, 0.5) is 0 Å². The van der Waals surface area contributed by atoms with Crippen LogP contribution in [0.1, 0.15) is 22.3 Å². The van der Waals surface area contributed by atoms with Gasteiger partial charge in [0.05, 0.1) is 0 Å². The maximum absolute atomic E-state index is 13.1. The fourth-order valence-electron chi connectivity index (χ4n) is 3.87. The smallest absolute Gasteiger partial charge is 0.194 e. The Kier molecular flexibility index (Phi) is 8.31. The van der Waals surface area contributed by atoms with Gasteiger partial charge in [-0.25, -0.2) is 0 Å². The van der Waals surface area contributed by atoms with Gasteiger partial charge in [0.2, 0.25) is 0 Å². The summed E-state index contributed by atoms with van der Waals surface area (Å²) in [6.07, 6.45) is 0.906. The van der Waals surface area contributed by atoms with Crippen molar-refractivity contribution in [2.24, 2.45) is 0 Å². The summed E-state index contributed by atoms with van der Waals surface area (Å²) in [6.45, 7) is 0.428. The molecule has 1 N–H and O–H groups in total. The normalized spacial score (nSPS) is 17.6. The zero-order chi connectivity index (χ0) is 24.3. The molecule has 0 fully saturated rings. The minimum absolute atomic E-state index is 0.0487. The maximum Gasteiger partial charge on any atom is 0.293 e. The van der Waals surface area contributed by atoms with Crippen LogP contribution in [0.3, 0.4) is 0 Å². The Bertz CT molecular complexity index is 1260. The number of hydrogen-bond acceptors (Lipinski definition) is 4. The summed E-state index contributed by atoms with van der Waals surface area (Å²) in [6, 6.07) is 3.80. The average Bonchev–Trinajstić information content (AvgIpc) is 2.74. The molecule has 0 aromatic heterocycles. The van der Waals surface area contributed by atoms with Crippen LogP contribution in [0, 0.1) is 0 Å². The molecular weight excluding hydrogens is 866 g/mol. The van der Waals surface area contributed by atoms with Gasteiger partial charge in [0.25, 0.3) is 20.4 Å². The van der Waals surface area contributed by atoms with Gasteiger partial charge in [-0.15, -0.1) is 0 Å². The average molecular weight is 881 g/mol. The second-order valence-electron chi connectivity index (χ2n) is 7.48. The number of nitrogens with zero attached hydrogens (tertiary/aromatic N) is 2. The third-order valence-corrected chi connectivity index (χ3v) is 14.8. The van der Waals surface area contributed by atoms with E-state index < -0.39 is 20.4 Å². The summed E-state index contributed by atoms with van der Waals surface area (Å²) in [4.78, 5) is 0. The van der Waals surface area contributed by atoms with Gasteiger partial charge in [-0.05, 0) is 111 Å². The molecule has 7 nitrogen and oxygen atoms in total. The van der Waals surface area contributed by atoms with Crippen molar-refractivity contribution in [1.82, 2.24) is 12.7 Å². The fraction of sp³-hybridized carbons (Fsp3) is 0.333. The van der Waals surface area contributed by atoms with E-state index in [0.717, 1.165) is 57.7 Å². The standard InChI is InChI=1S/C18H15Br6N3O4S2/c19-13-5-15(21)17(23)11-7-26(3-1-9(11)13)32(28,29)25-33(30,31)27-4-2-10-12(8-27)18(24)16(22)6-14(10)20/h5-6,25H,1-4,7-8H2. The SMILES string of the molecule is O=S(=O)(NS(=O)(=O)N1CCc2c(Br)cc(Br)c(Br)c2C1)N1CCc2c(Br)cc(Br)c(Br)c2C1. The minimum atomic E-state index is -4.31. The number of halogens is 6. The zero-order valence-electron chi connectivity index (χ0n) is 16.5. The Morgan fingerprint density at radius 2 is 0.970 bits per heavy atom. The van der Waals surface area contributed by atoms with Crippen LogP contribution in [-0.2, 0) is 46.3 Å². The first-order valence-electron chi connectivity index (χ1n) is 9.41. The molecule has 2 aromatic rings.